The highest BCUT2D eigenvalue weighted by Gasteiger charge is 2.62. The molecule has 3 atom stereocenters. The van der Waals surface area contributed by atoms with E-state index in [1.807, 2.05) is 30.0 Å². The molecule has 0 spiro atoms. The molecule has 2 amide bonds. The van der Waals surface area contributed by atoms with E-state index in [-0.39, 0.29) is 12.1 Å². The molecule has 0 unspecified atom stereocenters. The van der Waals surface area contributed by atoms with Gasteiger partial charge in [-0.25, -0.2) is 9.78 Å². The van der Waals surface area contributed by atoms with E-state index < -0.39 is 5.54 Å². The predicted molar refractivity (Wildman–Crippen MR) is 108 cm³/mol. The first-order valence-corrected chi connectivity index (χ1v) is 10.1. The van der Waals surface area contributed by atoms with Crippen LogP contribution in [0.25, 0.3) is 11.4 Å². The molecule has 1 saturated heterocycles. The molecule has 154 valence electrons. The first kappa shape index (κ1) is 18.7. The quantitative estimate of drug-likeness (QED) is 0.710. The lowest BCUT2D eigenvalue weighted by Gasteiger charge is -2.61. The second kappa shape index (κ2) is 6.86. The largest absolute Gasteiger partial charge is 0.337 e. The highest BCUT2D eigenvalue weighted by molar-refractivity contribution is 5.91. The Morgan fingerprint density at radius 1 is 1.27 bits per heavy atom. The normalized spacial score (nSPS) is 25.0. The van der Waals surface area contributed by atoms with Crippen molar-refractivity contribution in [2.45, 2.75) is 51.6 Å². The monoisotopic (exact) mass is 405 g/mol. The number of nitrogens with one attached hydrogen (secondary N) is 1. The lowest BCUT2D eigenvalue weighted by atomic mass is 9.64. The molecule has 1 aromatic carbocycles. The third-order valence-electron chi connectivity index (χ3n) is 6.12. The molecular weight excluding hydrogens is 382 g/mol. The first-order chi connectivity index (χ1) is 14.5. The van der Waals surface area contributed by atoms with Crippen LogP contribution in [0.5, 0.6) is 0 Å². The van der Waals surface area contributed by atoms with Crippen molar-refractivity contribution in [1.82, 2.24) is 30.2 Å². The number of hydrogen-bond acceptors (Lipinski definition) is 7. The zero-order valence-electron chi connectivity index (χ0n) is 17.2. The van der Waals surface area contributed by atoms with E-state index in [1.54, 1.807) is 13.1 Å². The number of aromatic nitrogens is 5. The van der Waals surface area contributed by atoms with Gasteiger partial charge in [-0.15, -0.1) is 5.10 Å². The van der Waals surface area contributed by atoms with Gasteiger partial charge in [0.1, 0.15) is 5.54 Å². The number of fused-ring (bicyclic) bond motifs is 2. The van der Waals surface area contributed by atoms with E-state index in [4.69, 9.17) is 4.52 Å². The minimum absolute atomic E-state index is 0.157. The zero-order valence-corrected chi connectivity index (χ0v) is 17.2. The molecule has 3 aromatic rings. The fourth-order valence-electron chi connectivity index (χ4n) is 4.93. The number of aryl methyl sites for hydroxylation is 2. The third kappa shape index (κ3) is 2.92. The number of rotatable bonds is 3. The molecular formula is C21H23N7O2. The Kier molecular flexibility index (Phi) is 4.27. The maximum absolute atomic E-state index is 13.3. The lowest BCUT2D eigenvalue weighted by molar-refractivity contribution is -0.111. The number of anilines is 1. The number of nitrogens with zero attached hydrogens (tertiary/aromatic N) is 6. The Hall–Kier alpha value is -3.36. The van der Waals surface area contributed by atoms with Crippen LogP contribution in [0.2, 0.25) is 0 Å². The number of hydrogen-bond donors (Lipinski definition) is 1. The van der Waals surface area contributed by atoms with Crippen molar-refractivity contribution in [3.05, 3.63) is 47.9 Å². The van der Waals surface area contributed by atoms with Crippen LogP contribution >= 0.6 is 0 Å². The molecule has 0 radical (unpaired) electrons. The van der Waals surface area contributed by atoms with E-state index in [0.29, 0.717) is 29.1 Å². The number of likely N-dealkylation sites (tertiary alicyclic amines) is 1. The molecule has 5 rings (SSSR count). The summed E-state index contributed by atoms with van der Waals surface area (Å²) in [5.74, 6) is 2.14. The molecule has 9 nitrogen and oxygen atoms in total. The van der Waals surface area contributed by atoms with E-state index >= 15 is 0 Å². The van der Waals surface area contributed by atoms with Crippen LogP contribution in [0.1, 0.15) is 43.5 Å². The molecule has 1 aliphatic carbocycles. The third-order valence-corrected chi connectivity index (χ3v) is 6.12. The molecule has 2 fully saturated rings. The van der Waals surface area contributed by atoms with E-state index in [0.717, 1.165) is 30.4 Å². The standard InChI is InChI=1S/C21H23N7O2/c1-12-8-16-11-21(10-12,19-24-14(3)27-30-19)28(16)20(29)25-15-5-4-13(2)17(9-15)18-22-6-7-23-26-18/h4-7,9,12,16H,8,10-11H2,1-3H3,(H,25,29)/t12-,16+,21-/m1/s1. The fourth-order valence-corrected chi connectivity index (χ4v) is 4.93. The van der Waals surface area contributed by atoms with Crippen molar-refractivity contribution >= 4 is 11.7 Å². The first-order valence-electron chi connectivity index (χ1n) is 10.1. The van der Waals surface area contributed by atoms with Gasteiger partial charge in [-0.3, -0.25) is 0 Å². The molecule has 1 saturated carbocycles. The van der Waals surface area contributed by atoms with Gasteiger partial charge in [-0.2, -0.15) is 10.1 Å². The molecule has 2 aromatic heterocycles. The maximum Gasteiger partial charge on any atom is 0.323 e. The van der Waals surface area contributed by atoms with Gasteiger partial charge in [-0.1, -0.05) is 18.1 Å². The SMILES string of the molecule is Cc1noc([C@@]23C[C@H](C)C[C@@H](C2)N3C(=O)Nc2ccc(C)c(-c3nccnn3)c2)n1. The van der Waals surface area contributed by atoms with E-state index in [9.17, 15) is 4.79 Å². The highest BCUT2D eigenvalue weighted by Crippen LogP contribution is 2.55. The average Bonchev–Trinajstić information content (AvgIpc) is 3.16. The summed E-state index contributed by atoms with van der Waals surface area (Å²) >= 11 is 0. The van der Waals surface area contributed by atoms with Crippen molar-refractivity contribution in [2.24, 2.45) is 5.92 Å². The second-order valence-corrected chi connectivity index (χ2v) is 8.38. The van der Waals surface area contributed by atoms with Crippen LogP contribution in [-0.2, 0) is 5.54 Å². The molecule has 2 bridgehead atoms. The Bertz CT molecular complexity index is 1100. The summed E-state index contributed by atoms with van der Waals surface area (Å²) < 4.78 is 5.51. The number of carbonyl (C=O) groups is 1. The summed E-state index contributed by atoms with van der Waals surface area (Å²) in [6.07, 6.45) is 5.79. The van der Waals surface area contributed by atoms with Crippen LogP contribution in [0.4, 0.5) is 10.5 Å². The van der Waals surface area contributed by atoms with Gasteiger partial charge in [0.2, 0.25) is 0 Å². The van der Waals surface area contributed by atoms with Crippen LogP contribution in [0, 0.1) is 19.8 Å². The smallest absolute Gasteiger partial charge is 0.323 e. The van der Waals surface area contributed by atoms with Crippen molar-refractivity contribution in [2.75, 3.05) is 5.32 Å². The number of amides is 2. The van der Waals surface area contributed by atoms with Crippen molar-refractivity contribution in [3.63, 3.8) is 0 Å². The summed E-state index contributed by atoms with van der Waals surface area (Å²) in [6.45, 7) is 5.98. The van der Waals surface area contributed by atoms with Gasteiger partial charge in [0.05, 0.1) is 6.20 Å². The maximum atomic E-state index is 13.3. The van der Waals surface area contributed by atoms with E-state index in [2.05, 4.69) is 37.6 Å². The van der Waals surface area contributed by atoms with Crippen molar-refractivity contribution in [3.8, 4) is 11.4 Å². The van der Waals surface area contributed by atoms with Gasteiger partial charge in [-0.05, 0) is 50.3 Å². The number of benzene rings is 1. The van der Waals surface area contributed by atoms with Crippen LogP contribution in [0.15, 0.2) is 35.1 Å². The van der Waals surface area contributed by atoms with E-state index in [1.165, 1.54) is 6.20 Å². The van der Waals surface area contributed by atoms with Crippen molar-refractivity contribution < 1.29 is 9.32 Å². The molecule has 3 heterocycles. The highest BCUT2D eigenvalue weighted by atomic mass is 16.5. The van der Waals surface area contributed by atoms with Gasteiger partial charge in [0.15, 0.2) is 11.6 Å². The molecule has 1 aliphatic heterocycles. The predicted octanol–water partition coefficient (Wildman–Crippen LogP) is 3.47. The Labute approximate surface area is 173 Å². The molecule has 30 heavy (non-hydrogen) atoms. The van der Waals surface area contributed by atoms with Gasteiger partial charge in [0, 0.05) is 29.9 Å². The number of urea groups is 1. The number of piperidine rings is 1. The molecule has 2 aliphatic rings. The lowest BCUT2D eigenvalue weighted by Crippen LogP contribution is -2.70. The van der Waals surface area contributed by atoms with Crippen LogP contribution < -0.4 is 5.32 Å². The summed E-state index contributed by atoms with van der Waals surface area (Å²) in [5.41, 5.74) is 2.00. The van der Waals surface area contributed by atoms with Crippen LogP contribution in [0.3, 0.4) is 0 Å². The van der Waals surface area contributed by atoms with Gasteiger partial charge >= 0.3 is 6.03 Å². The van der Waals surface area contributed by atoms with Crippen molar-refractivity contribution in [1.29, 1.82) is 0 Å². The summed E-state index contributed by atoms with van der Waals surface area (Å²) in [6, 6.07) is 5.72. The summed E-state index contributed by atoms with van der Waals surface area (Å²) in [4.78, 5) is 23.9. The Balaban J connectivity index is 1.43. The zero-order chi connectivity index (χ0) is 20.9. The topological polar surface area (TPSA) is 110 Å². The minimum Gasteiger partial charge on any atom is -0.337 e. The minimum atomic E-state index is -0.520. The Morgan fingerprint density at radius 2 is 2.13 bits per heavy atom. The Morgan fingerprint density at radius 3 is 2.87 bits per heavy atom. The van der Waals surface area contributed by atoms with Gasteiger partial charge < -0.3 is 14.7 Å². The molecule has 1 N–H and O–H groups in total. The van der Waals surface area contributed by atoms with Gasteiger partial charge in [0.25, 0.3) is 5.89 Å². The average molecular weight is 405 g/mol. The number of carbonyl (C=O) groups excluding carboxylic acids is 1. The fraction of sp³-hybridized carbons (Fsp3) is 0.429. The summed E-state index contributed by atoms with van der Waals surface area (Å²) in [7, 11) is 0. The van der Waals surface area contributed by atoms with Crippen LogP contribution in [-0.4, -0.2) is 42.3 Å². The molecule has 9 heteroatoms. The summed E-state index contributed by atoms with van der Waals surface area (Å²) in [5, 5.41) is 15.0. The second-order valence-electron chi connectivity index (χ2n) is 8.38.